The summed E-state index contributed by atoms with van der Waals surface area (Å²) in [7, 11) is 0. The summed E-state index contributed by atoms with van der Waals surface area (Å²) < 4.78 is 0. The molecule has 3 heteroatoms. The van der Waals surface area contributed by atoms with Gasteiger partial charge in [0, 0.05) is 5.69 Å². The number of anilines is 1. The van der Waals surface area contributed by atoms with Crippen molar-refractivity contribution in [2.75, 3.05) is 5.32 Å². The van der Waals surface area contributed by atoms with Crippen molar-refractivity contribution in [3.63, 3.8) is 0 Å². The van der Waals surface area contributed by atoms with Gasteiger partial charge < -0.3 is 5.32 Å². The molecule has 0 bridgehead atoms. The minimum atomic E-state index is 0.0831. The molecule has 0 amide bonds. The van der Waals surface area contributed by atoms with Gasteiger partial charge in [0.1, 0.15) is 0 Å². The summed E-state index contributed by atoms with van der Waals surface area (Å²) in [6.07, 6.45) is 0. The first-order chi connectivity index (χ1) is 9.80. The third-order valence-corrected chi connectivity index (χ3v) is 4.39. The first-order valence-corrected chi connectivity index (χ1v) is 7.86. The van der Waals surface area contributed by atoms with Crippen LogP contribution in [0, 0.1) is 0 Å². The van der Waals surface area contributed by atoms with Gasteiger partial charge in [-0.15, -0.1) is 0 Å². The van der Waals surface area contributed by atoms with Gasteiger partial charge in [0.05, 0.1) is 16.1 Å². The molecule has 1 N–H and O–H groups in total. The largest absolute Gasteiger partial charge is 0.378 e. The number of hydrogen-bond donors (Lipinski definition) is 1. The van der Waals surface area contributed by atoms with Crippen molar-refractivity contribution >= 4 is 28.9 Å². The van der Waals surface area contributed by atoms with Crippen LogP contribution in [-0.2, 0) is 5.41 Å². The van der Waals surface area contributed by atoms with Crippen molar-refractivity contribution in [1.29, 1.82) is 0 Å². The smallest absolute Gasteiger partial charge is 0.0644 e. The summed E-state index contributed by atoms with van der Waals surface area (Å²) in [5.41, 5.74) is 3.51. The fraction of sp³-hybridized carbons (Fsp3) is 0.333. The number of hydrogen-bond acceptors (Lipinski definition) is 1. The van der Waals surface area contributed by atoms with E-state index in [2.05, 4.69) is 51.2 Å². The van der Waals surface area contributed by atoms with Crippen LogP contribution in [0.5, 0.6) is 0 Å². The summed E-state index contributed by atoms with van der Waals surface area (Å²) in [5.74, 6) is 0. The summed E-state index contributed by atoms with van der Waals surface area (Å²) in [4.78, 5) is 0. The van der Waals surface area contributed by atoms with Gasteiger partial charge in [-0.25, -0.2) is 0 Å². The molecular weight excluding hydrogens is 301 g/mol. The number of para-hydroxylation sites is 1. The highest BCUT2D eigenvalue weighted by Gasteiger charge is 2.19. The van der Waals surface area contributed by atoms with Crippen LogP contribution in [-0.4, -0.2) is 0 Å². The highest BCUT2D eigenvalue weighted by Crippen LogP contribution is 2.34. The number of nitrogens with one attached hydrogen (secondary N) is 1. The van der Waals surface area contributed by atoms with E-state index in [9.17, 15) is 0 Å². The molecule has 0 aliphatic carbocycles. The van der Waals surface area contributed by atoms with E-state index in [1.807, 2.05) is 24.3 Å². The number of rotatable bonds is 3. The van der Waals surface area contributed by atoms with Crippen molar-refractivity contribution < 1.29 is 0 Å². The van der Waals surface area contributed by atoms with Crippen molar-refractivity contribution in [2.45, 2.75) is 39.2 Å². The molecule has 0 heterocycles. The van der Waals surface area contributed by atoms with Crippen LogP contribution in [0.4, 0.5) is 5.69 Å². The Balaban J connectivity index is 2.32. The Morgan fingerprint density at radius 3 is 2.29 bits per heavy atom. The van der Waals surface area contributed by atoms with Crippen molar-refractivity contribution in [3.05, 3.63) is 63.6 Å². The predicted molar refractivity (Wildman–Crippen MR) is 93.6 cm³/mol. The number of benzene rings is 2. The molecule has 0 fully saturated rings. The predicted octanol–water partition coefficient (Wildman–Crippen LogP) is 6.46. The highest BCUT2D eigenvalue weighted by molar-refractivity contribution is 6.42. The Bertz CT molecular complexity index is 629. The molecule has 0 aromatic heterocycles. The third kappa shape index (κ3) is 3.72. The van der Waals surface area contributed by atoms with Gasteiger partial charge in [0.15, 0.2) is 0 Å². The maximum Gasteiger partial charge on any atom is 0.0644 e. The van der Waals surface area contributed by atoms with Gasteiger partial charge in [-0.2, -0.15) is 0 Å². The average molecular weight is 322 g/mol. The van der Waals surface area contributed by atoms with Crippen LogP contribution < -0.4 is 5.32 Å². The number of halogens is 2. The van der Waals surface area contributed by atoms with E-state index in [0.717, 1.165) is 11.3 Å². The molecule has 1 atom stereocenters. The molecular formula is C18H21Cl2N. The molecule has 21 heavy (non-hydrogen) atoms. The molecule has 2 aromatic carbocycles. The average Bonchev–Trinajstić information content (AvgIpc) is 2.41. The van der Waals surface area contributed by atoms with Crippen molar-refractivity contribution in [1.82, 2.24) is 0 Å². The topological polar surface area (TPSA) is 12.0 Å². The zero-order valence-corrected chi connectivity index (χ0v) is 14.4. The maximum atomic E-state index is 6.31. The monoisotopic (exact) mass is 321 g/mol. The molecule has 112 valence electrons. The first kappa shape index (κ1) is 16.2. The summed E-state index contributed by atoms with van der Waals surface area (Å²) >= 11 is 12.4. The second-order valence-corrected chi connectivity index (χ2v) is 7.09. The summed E-state index contributed by atoms with van der Waals surface area (Å²) in [6.45, 7) is 8.73. The van der Waals surface area contributed by atoms with Gasteiger partial charge in [0.25, 0.3) is 0 Å². The van der Waals surface area contributed by atoms with Crippen LogP contribution in [0.25, 0.3) is 0 Å². The van der Waals surface area contributed by atoms with E-state index in [4.69, 9.17) is 23.2 Å². The van der Waals surface area contributed by atoms with Crippen molar-refractivity contribution in [2.24, 2.45) is 0 Å². The fourth-order valence-electron chi connectivity index (χ4n) is 2.43. The lowest BCUT2D eigenvalue weighted by molar-refractivity contribution is 0.590. The first-order valence-electron chi connectivity index (χ1n) is 7.10. The lowest BCUT2D eigenvalue weighted by Crippen LogP contribution is -2.16. The molecule has 0 saturated heterocycles. The minimum absolute atomic E-state index is 0.0831. The van der Waals surface area contributed by atoms with E-state index >= 15 is 0 Å². The lowest BCUT2D eigenvalue weighted by atomic mass is 9.85. The van der Waals surface area contributed by atoms with Gasteiger partial charge in [-0.3, -0.25) is 0 Å². The van der Waals surface area contributed by atoms with Crippen LogP contribution in [0.1, 0.15) is 44.9 Å². The normalized spacial score (nSPS) is 13.0. The fourth-order valence-corrected chi connectivity index (χ4v) is 2.90. The minimum Gasteiger partial charge on any atom is -0.378 e. The molecule has 0 saturated carbocycles. The molecule has 0 spiro atoms. The molecule has 0 radical (unpaired) electrons. The van der Waals surface area contributed by atoms with Crippen LogP contribution >= 0.6 is 23.2 Å². The summed E-state index contributed by atoms with van der Waals surface area (Å²) in [6, 6.07) is 14.2. The van der Waals surface area contributed by atoms with E-state index < -0.39 is 0 Å². The van der Waals surface area contributed by atoms with Gasteiger partial charge in [-0.1, -0.05) is 74.3 Å². The van der Waals surface area contributed by atoms with Gasteiger partial charge in [0.2, 0.25) is 0 Å². The second kappa shape index (κ2) is 6.29. The van der Waals surface area contributed by atoms with E-state index in [1.165, 1.54) is 5.56 Å². The highest BCUT2D eigenvalue weighted by atomic mass is 35.5. The molecule has 0 aliphatic heterocycles. The quantitative estimate of drug-likeness (QED) is 0.683. The summed E-state index contributed by atoms with van der Waals surface area (Å²) in [5, 5.41) is 4.77. The molecule has 1 unspecified atom stereocenters. The van der Waals surface area contributed by atoms with Crippen LogP contribution in [0.15, 0.2) is 42.5 Å². The zero-order valence-electron chi connectivity index (χ0n) is 12.9. The maximum absolute atomic E-state index is 6.31. The Morgan fingerprint density at radius 2 is 1.62 bits per heavy atom. The third-order valence-electron chi connectivity index (χ3n) is 3.56. The van der Waals surface area contributed by atoms with Gasteiger partial charge in [-0.05, 0) is 35.6 Å². The van der Waals surface area contributed by atoms with Crippen molar-refractivity contribution in [3.8, 4) is 0 Å². The van der Waals surface area contributed by atoms with E-state index in [0.29, 0.717) is 10.0 Å². The molecule has 2 aromatic rings. The van der Waals surface area contributed by atoms with Crippen LogP contribution in [0.3, 0.4) is 0 Å². The Kier molecular flexibility index (Phi) is 4.85. The Morgan fingerprint density at radius 1 is 0.952 bits per heavy atom. The van der Waals surface area contributed by atoms with E-state index in [-0.39, 0.29) is 11.5 Å². The molecule has 2 rings (SSSR count). The Labute approximate surface area is 137 Å². The van der Waals surface area contributed by atoms with E-state index in [1.54, 1.807) is 0 Å². The molecule has 0 aliphatic rings. The second-order valence-electron chi connectivity index (χ2n) is 6.30. The Hall–Kier alpha value is -1.18. The standard InChI is InChI=1S/C18H21Cl2N/c1-12(13-8-7-10-15(19)17(13)20)21-16-11-6-5-9-14(16)18(2,3)4/h5-12,21H,1-4H3. The lowest BCUT2D eigenvalue weighted by Gasteiger charge is -2.26. The van der Waals surface area contributed by atoms with Gasteiger partial charge >= 0.3 is 0 Å². The zero-order chi connectivity index (χ0) is 15.6. The molecule has 1 nitrogen and oxygen atoms in total. The van der Waals surface area contributed by atoms with Crippen LogP contribution in [0.2, 0.25) is 10.0 Å². The SMILES string of the molecule is CC(Nc1ccccc1C(C)(C)C)c1cccc(Cl)c1Cl.